The molecule has 11 nitrogen and oxygen atoms in total. The molecule has 0 aromatic heterocycles. The Kier molecular flexibility index (Phi) is 5.07. The summed E-state index contributed by atoms with van der Waals surface area (Å²) in [6, 6.07) is 1.52. The van der Waals surface area contributed by atoms with Crippen LogP contribution in [0.5, 0.6) is 17.2 Å². The lowest BCUT2D eigenvalue weighted by molar-refractivity contribution is -0.310. The third-order valence-corrected chi connectivity index (χ3v) is 8.45. The van der Waals surface area contributed by atoms with Gasteiger partial charge < -0.3 is 39.9 Å². The Bertz CT molecular complexity index is 1450. The van der Waals surface area contributed by atoms with Crippen molar-refractivity contribution in [2.24, 2.45) is 0 Å². The van der Waals surface area contributed by atoms with Crippen LogP contribution in [0.3, 0.4) is 0 Å². The number of aliphatic hydroxyl groups excluding tert-OH is 2. The fraction of sp³-hybridized carbons (Fsp3) is 0.444. The second-order valence-electron chi connectivity index (χ2n) is 11.0. The maximum atomic E-state index is 13.9. The zero-order chi connectivity index (χ0) is 27.5. The number of ketones is 2. The van der Waals surface area contributed by atoms with E-state index in [9.17, 15) is 39.9 Å². The van der Waals surface area contributed by atoms with Crippen LogP contribution < -0.4 is 4.74 Å². The summed E-state index contributed by atoms with van der Waals surface area (Å²) < 4.78 is 11.7. The van der Waals surface area contributed by atoms with E-state index in [0.29, 0.717) is 30.4 Å². The zero-order valence-electron chi connectivity index (χ0n) is 20.9. The topological polar surface area (TPSA) is 174 Å². The first-order chi connectivity index (χ1) is 17.8. The van der Waals surface area contributed by atoms with Gasteiger partial charge in [0.05, 0.1) is 28.3 Å². The molecule has 2 aromatic carbocycles. The predicted octanol–water partition coefficient (Wildman–Crippen LogP) is 0.255. The SMILES string of the molecule is CN(C=O)C1C(O)C2Oc3c(cc(O)c4c3C(=O)c3cc5c(c(O)c3C4=O)CCC(C)(O)C5)C(C)(O2)C1O. The van der Waals surface area contributed by atoms with Crippen LogP contribution in [0, 0.1) is 0 Å². The van der Waals surface area contributed by atoms with Gasteiger partial charge in [-0.15, -0.1) is 0 Å². The number of nitrogens with zero attached hydrogens (tertiary/aromatic N) is 1. The average Bonchev–Trinajstić information content (AvgIpc) is 2.85. The van der Waals surface area contributed by atoms with E-state index >= 15 is 0 Å². The standard InChI is InChI=1S/C27H27NO10/c1-26(36)5-4-11-10(8-26)6-12-15(19(11)31)21(33)16-14(30)7-13-23(17(16)20(12)32)37-25-22(34)18(28(3)9-29)24(35)27(13,2)38-25/h6-7,9,18,22,24-25,30-31,34-36H,4-5,8H2,1-3H3. The number of rotatable bonds is 2. The summed E-state index contributed by atoms with van der Waals surface area (Å²) in [4.78, 5) is 40.1. The summed E-state index contributed by atoms with van der Waals surface area (Å²) in [6.45, 7) is 3.13. The zero-order valence-corrected chi connectivity index (χ0v) is 20.9. The first-order valence-corrected chi connectivity index (χ1v) is 12.3. The van der Waals surface area contributed by atoms with Crippen molar-refractivity contribution >= 4 is 18.0 Å². The quantitative estimate of drug-likeness (QED) is 0.292. The molecule has 6 atom stereocenters. The number of aromatic hydroxyl groups is 2. The summed E-state index contributed by atoms with van der Waals surface area (Å²) in [5.41, 5.74) is -2.59. The highest BCUT2D eigenvalue weighted by molar-refractivity contribution is 6.31. The van der Waals surface area contributed by atoms with E-state index in [-0.39, 0.29) is 45.7 Å². The van der Waals surface area contributed by atoms with Crippen molar-refractivity contribution in [2.75, 3.05) is 7.05 Å². The lowest BCUT2D eigenvalue weighted by atomic mass is 9.73. The van der Waals surface area contributed by atoms with Gasteiger partial charge in [0, 0.05) is 24.6 Å². The molecule has 0 radical (unpaired) electrons. The number of phenols is 2. The molecule has 6 unspecified atom stereocenters. The third kappa shape index (κ3) is 3.07. The summed E-state index contributed by atoms with van der Waals surface area (Å²) in [7, 11) is 1.38. The van der Waals surface area contributed by atoms with Gasteiger partial charge in [-0.25, -0.2) is 0 Å². The van der Waals surface area contributed by atoms with E-state index in [2.05, 4.69) is 0 Å². The molecule has 1 fully saturated rings. The normalized spacial score (nSPS) is 32.9. The summed E-state index contributed by atoms with van der Waals surface area (Å²) in [6.07, 6.45) is -3.13. The van der Waals surface area contributed by atoms with Gasteiger partial charge in [0.15, 0.2) is 5.78 Å². The Hall–Kier alpha value is -3.51. The molecule has 5 N–H and O–H groups in total. The van der Waals surface area contributed by atoms with Crippen molar-refractivity contribution < 1.29 is 49.4 Å². The van der Waals surface area contributed by atoms with Gasteiger partial charge in [0.2, 0.25) is 18.5 Å². The lowest BCUT2D eigenvalue weighted by Crippen LogP contribution is -2.68. The number of benzene rings is 2. The highest BCUT2D eigenvalue weighted by atomic mass is 16.7. The molecule has 0 spiro atoms. The Morgan fingerprint density at radius 2 is 1.79 bits per heavy atom. The second kappa shape index (κ2) is 7.76. The molecule has 200 valence electrons. The van der Waals surface area contributed by atoms with Crippen LogP contribution in [-0.4, -0.2) is 85.6 Å². The van der Waals surface area contributed by atoms with Crippen LogP contribution in [0.1, 0.15) is 68.8 Å². The van der Waals surface area contributed by atoms with E-state index in [1.807, 2.05) is 0 Å². The molecule has 11 heteroatoms. The predicted molar refractivity (Wildman–Crippen MR) is 128 cm³/mol. The molecule has 0 saturated carbocycles. The van der Waals surface area contributed by atoms with Crippen molar-refractivity contribution in [2.45, 2.75) is 68.9 Å². The van der Waals surface area contributed by atoms with Gasteiger partial charge in [-0.1, -0.05) is 0 Å². The number of fused-ring (bicyclic) bond motifs is 8. The monoisotopic (exact) mass is 525 g/mol. The Balaban J connectivity index is 1.56. The molecule has 38 heavy (non-hydrogen) atoms. The summed E-state index contributed by atoms with van der Waals surface area (Å²) >= 11 is 0. The number of hydrogen-bond donors (Lipinski definition) is 5. The molecule has 4 aliphatic rings. The van der Waals surface area contributed by atoms with Gasteiger partial charge >= 0.3 is 0 Å². The Labute approximate surface area is 216 Å². The largest absolute Gasteiger partial charge is 0.507 e. The minimum Gasteiger partial charge on any atom is -0.507 e. The molecule has 2 aliphatic carbocycles. The van der Waals surface area contributed by atoms with Gasteiger partial charge in [-0.3, -0.25) is 14.4 Å². The summed E-state index contributed by atoms with van der Waals surface area (Å²) in [5.74, 6) is -2.56. The maximum Gasteiger partial charge on any atom is 0.229 e. The van der Waals surface area contributed by atoms with Crippen LogP contribution >= 0.6 is 0 Å². The van der Waals surface area contributed by atoms with Crippen molar-refractivity contribution in [1.29, 1.82) is 0 Å². The molecule has 1 amide bonds. The number of hydrogen-bond acceptors (Lipinski definition) is 10. The minimum absolute atomic E-state index is 0.0587. The first-order valence-electron chi connectivity index (χ1n) is 12.3. The average molecular weight is 526 g/mol. The molecule has 2 bridgehead atoms. The molecule has 2 aromatic rings. The Morgan fingerprint density at radius 1 is 1.08 bits per heavy atom. The van der Waals surface area contributed by atoms with Crippen LogP contribution in [0.15, 0.2) is 12.1 Å². The highest BCUT2D eigenvalue weighted by Gasteiger charge is 2.59. The van der Waals surface area contributed by atoms with E-state index in [1.165, 1.54) is 20.0 Å². The highest BCUT2D eigenvalue weighted by Crippen LogP contribution is 2.53. The molecule has 2 heterocycles. The van der Waals surface area contributed by atoms with Crippen LogP contribution in [0.25, 0.3) is 0 Å². The van der Waals surface area contributed by atoms with E-state index < -0.39 is 53.1 Å². The third-order valence-electron chi connectivity index (χ3n) is 8.45. The second-order valence-corrected chi connectivity index (χ2v) is 11.0. The van der Waals surface area contributed by atoms with Gasteiger partial charge in [0.25, 0.3) is 0 Å². The van der Waals surface area contributed by atoms with Crippen molar-refractivity contribution in [1.82, 2.24) is 4.90 Å². The van der Waals surface area contributed by atoms with Crippen LogP contribution in [0.2, 0.25) is 0 Å². The fourth-order valence-corrected chi connectivity index (χ4v) is 6.37. The number of carbonyl (C=O) groups excluding carboxylic acids is 3. The van der Waals surface area contributed by atoms with Gasteiger partial charge in [0.1, 0.15) is 35.1 Å². The van der Waals surface area contributed by atoms with E-state index in [1.54, 1.807) is 6.92 Å². The van der Waals surface area contributed by atoms with Gasteiger partial charge in [-0.2, -0.15) is 0 Å². The van der Waals surface area contributed by atoms with Crippen molar-refractivity contribution in [3.8, 4) is 17.2 Å². The number of likely N-dealkylation sites (N-methyl/N-ethyl adjacent to an activating group) is 1. The molecule has 2 aliphatic heterocycles. The molecular formula is C27H27NO10. The number of ether oxygens (including phenoxy) is 2. The number of phenolic OH excluding ortho intramolecular Hbond substituents is 2. The molecule has 6 rings (SSSR count). The first kappa shape index (κ1) is 24.8. The number of carbonyl (C=O) groups is 3. The molecule has 1 saturated heterocycles. The van der Waals surface area contributed by atoms with Gasteiger partial charge in [-0.05, 0) is 49.9 Å². The Morgan fingerprint density at radius 3 is 2.47 bits per heavy atom. The molecular weight excluding hydrogens is 498 g/mol. The maximum absolute atomic E-state index is 13.9. The lowest BCUT2D eigenvalue weighted by Gasteiger charge is -2.53. The number of amides is 1. The number of aliphatic hydroxyl groups is 3. The van der Waals surface area contributed by atoms with Crippen molar-refractivity contribution in [3.05, 3.63) is 51.1 Å². The van der Waals surface area contributed by atoms with E-state index in [4.69, 9.17) is 9.47 Å². The fourth-order valence-electron chi connectivity index (χ4n) is 6.37. The minimum atomic E-state index is -1.63. The van der Waals surface area contributed by atoms with E-state index in [0.717, 1.165) is 11.0 Å². The van der Waals surface area contributed by atoms with Crippen LogP contribution in [0.4, 0.5) is 0 Å². The summed E-state index contributed by atoms with van der Waals surface area (Å²) in [5, 5.41) is 54.7. The van der Waals surface area contributed by atoms with Crippen LogP contribution in [-0.2, 0) is 28.0 Å². The smallest absolute Gasteiger partial charge is 0.229 e. The van der Waals surface area contributed by atoms with Crippen molar-refractivity contribution in [3.63, 3.8) is 0 Å².